The molecule has 4 rings (SSSR count). The number of sulfonamides is 1. The summed E-state index contributed by atoms with van der Waals surface area (Å²) in [6.07, 6.45) is 2.17. The maximum absolute atomic E-state index is 13.5. The fourth-order valence-electron chi connectivity index (χ4n) is 3.77. The number of halogens is 1. The first-order chi connectivity index (χ1) is 16.1. The van der Waals surface area contributed by atoms with Gasteiger partial charge in [-0.3, -0.25) is 9.10 Å². The topological polar surface area (TPSA) is 90.0 Å². The van der Waals surface area contributed by atoms with Crippen molar-refractivity contribution in [3.8, 4) is 5.75 Å². The number of carbonyl (C=O) groups excluding carboxylic acids is 2. The third-order valence-corrected chi connectivity index (χ3v) is 8.00. The van der Waals surface area contributed by atoms with Crippen LogP contribution in [0.25, 0.3) is 0 Å². The molecule has 0 radical (unpaired) electrons. The largest absolute Gasteiger partial charge is 0.486 e. The van der Waals surface area contributed by atoms with Gasteiger partial charge in [-0.1, -0.05) is 13.0 Å². The van der Waals surface area contributed by atoms with Gasteiger partial charge in [0.05, 0.1) is 30.2 Å². The predicted molar refractivity (Wildman–Crippen MR) is 124 cm³/mol. The smallest absolute Gasteiger partial charge is 0.310 e. The van der Waals surface area contributed by atoms with E-state index >= 15 is 0 Å². The highest BCUT2D eigenvalue weighted by Crippen LogP contribution is 2.45. The molecule has 0 bridgehead atoms. The van der Waals surface area contributed by atoms with Crippen LogP contribution in [-0.2, 0) is 30.8 Å². The first-order valence-electron chi connectivity index (χ1n) is 11.3. The molecule has 1 heterocycles. The number of hydrogen-bond acceptors (Lipinski definition) is 6. The van der Waals surface area contributed by atoms with Gasteiger partial charge < -0.3 is 14.3 Å². The van der Waals surface area contributed by atoms with Crippen molar-refractivity contribution in [3.05, 3.63) is 53.8 Å². The van der Waals surface area contributed by atoms with E-state index in [2.05, 4.69) is 6.92 Å². The molecule has 0 unspecified atom stereocenters. The van der Waals surface area contributed by atoms with Gasteiger partial charge in [0.1, 0.15) is 23.5 Å². The number of hydrogen-bond donors (Lipinski definition) is 0. The van der Waals surface area contributed by atoms with Gasteiger partial charge in [-0.15, -0.1) is 0 Å². The summed E-state index contributed by atoms with van der Waals surface area (Å²) < 4.78 is 53.0. The third-order valence-electron chi connectivity index (χ3n) is 6.21. The normalized spacial score (nSPS) is 18.6. The summed E-state index contributed by atoms with van der Waals surface area (Å²) in [5, 5.41) is 0. The van der Waals surface area contributed by atoms with Crippen molar-refractivity contribution >= 4 is 27.5 Å². The summed E-state index contributed by atoms with van der Waals surface area (Å²) in [6, 6.07) is 9.55. The van der Waals surface area contributed by atoms with Crippen molar-refractivity contribution in [1.82, 2.24) is 0 Å². The molecule has 2 aliphatic rings. The number of esters is 1. The molecule has 1 aliphatic carbocycles. The van der Waals surface area contributed by atoms with Crippen LogP contribution in [0.1, 0.15) is 45.1 Å². The Morgan fingerprint density at radius 1 is 1.18 bits per heavy atom. The molecule has 2 aromatic carbocycles. The van der Waals surface area contributed by atoms with E-state index in [4.69, 9.17) is 9.47 Å². The molecule has 7 nitrogen and oxygen atoms in total. The minimum atomic E-state index is -4.04. The van der Waals surface area contributed by atoms with Crippen LogP contribution in [0.4, 0.5) is 10.1 Å². The number of anilines is 1. The predicted octanol–water partition coefficient (Wildman–Crippen LogP) is 4.04. The molecule has 182 valence electrons. The molecular weight excluding hydrogens is 461 g/mol. The molecule has 1 fully saturated rings. The summed E-state index contributed by atoms with van der Waals surface area (Å²) in [6.45, 7) is 3.91. The Morgan fingerprint density at radius 2 is 1.88 bits per heavy atom. The van der Waals surface area contributed by atoms with Gasteiger partial charge >= 0.3 is 5.97 Å². The number of fused-ring (bicyclic) bond motifs is 1. The van der Waals surface area contributed by atoms with Crippen molar-refractivity contribution in [2.75, 3.05) is 17.5 Å². The van der Waals surface area contributed by atoms with Gasteiger partial charge in [0.15, 0.2) is 0 Å². The van der Waals surface area contributed by atoms with Crippen molar-refractivity contribution < 1.29 is 31.9 Å². The first kappa shape index (κ1) is 24.2. The zero-order chi connectivity index (χ0) is 24.5. The Kier molecular flexibility index (Phi) is 6.66. The second-order valence-corrected chi connectivity index (χ2v) is 11.3. The van der Waals surface area contributed by atoms with Crippen LogP contribution in [0, 0.1) is 11.2 Å². The maximum Gasteiger partial charge on any atom is 0.310 e. The van der Waals surface area contributed by atoms with Crippen LogP contribution in [0.15, 0.2) is 47.4 Å². The van der Waals surface area contributed by atoms with Crippen LogP contribution >= 0.6 is 0 Å². The molecule has 0 N–H and O–H groups in total. The summed E-state index contributed by atoms with van der Waals surface area (Å²) in [5.41, 5.74) is 0.964. The molecule has 34 heavy (non-hydrogen) atoms. The van der Waals surface area contributed by atoms with Gasteiger partial charge in [0.2, 0.25) is 0 Å². The SMILES string of the molecule is CC(=O)CC[C@H]1CN(S(=O)(=O)c2ccc(F)cc2)c2cc(CC(=O)OCC3(C)CC3)ccc2O1. The van der Waals surface area contributed by atoms with Gasteiger partial charge in [-0.25, -0.2) is 12.8 Å². The van der Waals surface area contributed by atoms with Crippen LogP contribution in [0.3, 0.4) is 0 Å². The fraction of sp³-hybridized carbons (Fsp3) is 0.440. The lowest BCUT2D eigenvalue weighted by molar-refractivity contribution is -0.144. The molecule has 1 aliphatic heterocycles. The van der Waals surface area contributed by atoms with E-state index < -0.39 is 21.9 Å². The Bertz CT molecular complexity index is 1190. The number of rotatable bonds is 9. The number of ketones is 1. The van der Waals surface area contributed by atoms with E-state index in [-0.39, 0.29) is 41.4 Å². The van der Waals surface area contributed by atoms with Gasteiger partial charge in [0.25, 0.3) is 10.0 Å². The maximum atomic E-state index is 13.5. The van der Waals surface area contributed by atoms with Crippen molar-refractivity contribution in [2.24, 2.45) is 5.41 Å². The fourth-order valence-corrected chi connectivity index (χ4v) is 5.27. The monoisotopic (exact) mass is 489 g/mol. The highest BCUT2D eigenvalue weighted by Gasteiger charge is 2.39. The second-order valence-electron chi connectivity index (χ2n) is 9.42. The molecule has 0 aromatic heterocycles. The number of benzene rings is 2. The van der Waals surface area contributed by atoms with E-state index in [1.165, 1.54) is 23.4 Å². The van der Waals surface area contributed by atoms with Crippen LogP contribution in [0.5, 0.6) is 5.75 Å². The van der Waals surface area contributed by atoms with Crippen molar-refractivity contribution in [1.29, 1.82) is 0 Å². The summed E-state index contributed by atoms with van der Waals surface area (Å²) in [5.74, 6) is -0.594. The van der Waals surface area contributed by atoms with Crippen molar-refractivity contribution in [3.63, 3.8) is 0 Å². The number of ether oxygens (including phenoxy) is 2. The van der Waals surface area contributed by atoms with Crippen LogP contribution < -0.4 is 9.04 Å². The Labute approximate surface area is 198 Å². The highest BCUT2D eigenvalue weighted by atomic mass is 32.2. The molecule has 2 aromatic rings. The lowest BCUT2D eigenvalue weighted by Crippen LogP contribution is -2.43. The molecular formula is C25H28FNO6S. The van der Waals surface area contributed by atoms with E-state index in [1.54, 1.807) is 18.2 Å². The average Bonchev–Trinajstić information content (AvgIpc) is 3.53. The molecule has 1 saturated carbocycles. The summed E-state index contributed by atoms with van der Waals surface area (Å²) >= 11 is 0. The molecule has 0 spiro atoms. The Balaban J connectivity index is 1.61. The lowest BCUT2D eigenvalue weighted by atomic mass is 10.1. The number of nitrogens with zero attached hydrogens (tertiary/aromatic N) is 1. The summed E-state index contributed by atoms with van der Waals surface area (Å²) in [4.78, 5) is 23.7. The highest BCUT2D eigenvalue weighted by molar-refractivity contribution is 7.92. The molecule has 0 amide bonds. The van der Waals surface area contributed by atoms with Crippen LogP contribution in [-0.4, -0.2) is 39.4 Å². The minimum absolute atomic E-state index is 0.00155. The van der Waals surface area contributed by atoms with E-state index in [9.17, 15) is 22.4 Å². The van der Waals surface area contributed by atoms with Gasteiger partial charge in [-0.05, 0) is 68.1 Å². The number of Topliss-reactive ketones (excluding diaryl/α,β-unsaturated/α-hetero) is 1. The minimum Gasteiger partial charge on any atom is -0.486 e. The van der Waals surface area contributed by atoms with E-state index in [1.807, 2.05) is 0 Å². The zero-order valence-electron chi connectivity index (χ0n) is 19.3. The van der Waals surface area contributed by atoms with E-state index in [0.29, 0.717) is 30.0 Å². The lowest BCUT2D eigenvalue weighted by Gasteiger charge is -2.35. The number of carbonyl (C=O) groups is 2. The second kappa shape index (κ2) is 9.37. The zero-order valence-corrected chi connectivity index (χ0v) is 20.1. The van der Waals surface area contributed by atoms with Crippen molar-refractivity contribution in [2.45, 2.75) is 57.0 Å². The standard InChI is InChI=1S/C25H28FNO6S/c1-17(28)3-7-20-15-27(34(30,31)21-8-5-19(26)6-9-21)22-13-18(4-10-23(22)33-20)14-24(29)32-16-25(2)11-12-25/h4-6,8-10,13,20H,3,7,11-12,14-16H2,1-2H3/t20-/m0/s1. The molecule has 9 heteroatoms. The van der Waals surface area contributed by atoms with Gasteiger partial charge in [-0.2, -0.15) is 0 Å². The quantitative estimate of drug-likeness (QED) is 0.494. The van der Waals surface area contributed by atoms with Crippen LogP contribution in [0.2, 0.25) is 0 Å². The molecule has 0 saturated heterocycles. The molecule has 1 atom stereocenters. The first-order valence-corrected chi connectivity index (χ1v) is 12.7. The van der Waals surface area contributed by atoms with E-state index in [0.717, 1.165) is 25.0 Å². The average molecular weight is 490 g/mol. The van der Waals surface area contributed by atoms with Gasteiger partial charge in [0, 0.05) is 11.8 Å². The third kappa shape index (κ3) is 5.58. The Morgan fingerprint density at radius 3 is 2.53 bits per heavy atom. The summed E-state index contributed by atoms with van der Waals surface area (Å²) in [7, 11) is -4.04. The Hall–Kier alpha value is -2.94.